The fourth-order valence-corrected chi connectivity index (χ4v) is 2.99. The van der Waals surface area contributed by atoms with Crippen LogP contribution in [0.3, 0.4) is 0 Å². The maximum absolute atomic E-state index is 5.45. The van der Waals surface area contributed by atoms with Crippen LogP contribution in [0.25, 0.3) is 0 Å². The largest absolute Gasteiger partial charge is 0.493 e. The predicted molar refractivity (Wildman–Crippen MR) is 102 cm³/mol. The quantitative estimate of drug-likeness (QED) is 0.733. The molecule has 0 aliphatic heterocycles. The van der Waals surface area contributed by atoms with Gasteiger partial charge in [-0.05, 0) is 49.9 Å². The summed E-state index contributed by atoms with van der Waals surface area (Å²) in [6.07, 6.45) is 2.15. The molecule has 2 rings (SSSR count). The summed E-state index contributed by atoms with van der Waals surface area (Å²) in [5, 5.41) is 3.65. The van der Waals surface area contributed by atoms with Crippen LogP contribution in [0.2, 0.25) is 0 Å². The van der Waals surface area contributed by atoms with Crippen molar-refractivity contribution in [3.8, 4) is 17.2 Å². The van der Waals surface area contributed by atoms with E-state index in [0.717, 1.165) is 18.4 Å². The zero-order valence-corrected chi connectivity index (χ0v) is 15.8. The Labute approximate surface area is 151 Å². The molecule has 0 aromatic heterocycles. The first kappa shape index (κ1) is 19.1. The van der Waals surface area contributed by atoms with Gasteiger partial charge in [-0.2, -0.15) is 0 Å². The predicted octanol–water partition coefficient (Wildman–Crippen LogP) is 4.38. The van der Waals surface area contributed by atoms with Gasteiger partial charge in [-0.15, -0.1) is 0 Å². The van der Waals surface area contributed by atoms with Gasteiger partial charge in [0.25, 0.3) is 0 Å². The number of ether oxygens (including phenoxy) is 3. The highest BCUT2D eigenvalue weighted by Gasteiger charge is 2.17. The van der Waals surface area contributed by atoms with E-state index in [9.17, 15) is 0 Å². The fourth-order valence-electron chi connectivity index (χ4n) is 2.99. The van der Waals surface area contributed by atoms with Crippen LogP contribution < -0.4 is 19.5 Å². The molecule has 0 amide bonds. The number of hydrogen-bond donors (Lipinski definition) is 1. The molecule has 0 aliphatic carbocycles. The second-order valence-corrected chi connectivity index (χ2v) is 6.27. The number of aryl methyl sites for hydroxylation is 1. The summed E-state index contributed by atoms with van der Waals surface area (Å²) in [6.45, 7) is 4.37. The maximum atomic E-state index is 5.45. The number of rotatable bonds is 9. The van der Waals surface area contributed by atoms with Gasteiger partial charge < -0.3 is 19.5 Å². The van der Waals surface area contributed by atoms with E-state index in [0.29, 0.717) is 23.3 Å². The molecule has 2 atom stereocenters. The van der Waals surface area contributed by atoms with Crippen LogP contribution in [-0.2, 0) is 6.42 Å². The van der Waals surface area contributed by atoms with Gasteiger partial charge in [0.1, 0.15) is 0 Å². The smallest absolute Gasteiger partial charge is 0.203 e. The molecule has 2 aromatic carbocycles. The van der Waals surface area contributed by atoms with E-state index in [4.69, 9.17) is 14.2 Å². The first-order chi connectivity index (χ1) is 12.1. The lowest BCUT2D eigenvalue weighted by atomic mass is 10.0. The van der Waals surface area contributed by atoms with E-state index in [2.05, 4.69) is 49.5 Å². The highest BCUT2D eigenvalue weighted by molar-refractivity contribution is 5.54. The van der Waals surface area contributed by atoms with Crippen molar-refractivity contribution in [1.82, 2.24) is 5.32 Å². The molecule has 0 bridgehead atoms. The molecular weight excluding hydrogens is 314 g/mol. The zero-order valence-electron chi connectivity index (χ0n) is 15.8. The maximum Gasteiger partial charge on any atom is 0.203 e. The summed E-state index contributed by atoms with van der Waals surface area (Å²) in [6, 6.07) is 15.2. The Balaban J connectivity index is 2.03. The summed E-state index contributed by atoms with van der Waals surface area (Å²) in [7, 11) is 4.90. The van der Waals surface area contributed by atoms with Crippen molar-refractivity contribution in [3.63, 3.8) is 0 Å². The number of benzene rings is 2. The van der Waals surface area contributed by atoms with Crippen LogP contribution in [0.1, 0.15) is 37.4 Å². The topological polar surface area (TPSA) is 39.7 Å². The fraction of sp³-hybridized carbons (Fsp3) is 0.429. The monoisotopic (exact) mass is 343 g/mol. The molecule has 4 nitrogen and oxygen atoms in total. The van der Waals surface area contributed by atoms with Crippen molar-refractivity contribution in [2.45, 2.75) is 38.8 Å². The second-order valence-electron chi connectivity index (χ2n) is 6.27. The van der Waals surface area contributed by atoms with Crippen molar-refractivity contribution >= 4 is 0 Å². The standard InChI is InChI=1S/C21H29NO3/c1-15(11-12-17-9-7-6-8-10-17)22-16(2)18-13-19(23-3)21(25-5)20(14-18)24-4/h6-10,13-16,22H,11-12H2,1-5H3. The minimum absolute atomic E-state index is 0.180. The molecule has 4 heteroatoms. The van der Waals surface area contributed by atoms with Crippen LogP contribution in [0.5, 0.6) is 17.2 Å². The first-order valence-electron chi connectivity index (χ1n) is 8.69. The van der Waals surface area contributed by atoms with E-state index >= 15 is 0 Å². The molecular formula is C21H29NO3. The minimum Gasteiger partial charge on any atom is -0.493 e. The number of nitrogens with one attached hydrogen (secondary N) is 1. The molecule has 0 spiro atoms. The van der Waals surface area contributed by atoms with Crippen LogP contribution in [0.15, 0.2) is 42.5 Å². The molecule has 25 heavy (non-hydrogen) atoms. The van der Waals surface area contributed by atoms with E-state index in [-0.39, 0.29) is 6.04 Å². The van der Waals surface area contributed by atoms with Gasteiger partial charge in [0.15, 0.2) is 11.5 Å². The summed E-state index contributed by atoms with van der Waals surface area (Å²) in [5.74, 6) is 1.99. The van der Waals surface area contributed by atoms with E-state index in [1.165, 1.54) is 5.56 Å². The zero-order chi connectivity index (χ0) is 18.2. The van der Waals surface area contributed by atoms with Crippen molar-refractivity contribution in [1.29, 1.82) is 0 Å². The van der Waals surface area contributed by atoms with Gasteiger partial charge >= 0.3 is 0 Å². The molecule has 2 unspecified atom stereocenters. The van der Waals surface area contributed by atoms with Crippen LogP contribution in [-0.4, -0.2) is 27.4 Å². The summed E-state index contributed by atoms with van der Waals surface area (Å²) < 4.78 is 16.3. The number of methoxy groups -OCH3 is 3. The number of hydrogen-bond acceptors (Lipinski definition) is 4. The Morgan fingerprint density at radius 2 is 1.48 bits per heavy atom. The molecule has 0 radical (unpaired) electrons. The summed E-state index contributed by atoms with van der Waals surface area (Å²) in [5.41, 5.74) is 2.48. The van der Waals surface area contributed by atoms with Crippen molar-refractivity contribution in [2.75, 3.05) is 21.3 Å². The highest BCUT2D eigenvalue weighted by Crippen LogP contribution is 2.39. The molecule has 2 aromatic rings. The normalized spacial score (nSPS) is 13.2. The summed E-state index contributed by atoms with van der Waals surface area (Å²) >= 11 is 0. The lowest BCUT2D eigenvalue weighted by Crippen LogP contribution is -2.29. The van der Waals surface area contributed by atoms with Gasteiger partial charge in [-0.3, -0.25) is 0 Å². The third kappa shape index (κ3) is 5.13. The average molecular weight is 343 g/mol. The van der Waals surface area contributed by atoms with Gasteiger partial charge in [-0.1, -0.05) is 30.3 Å². The Morgan fingerprint density at radius 3 is 2.00 bits per heavy atom. The first-order valence-corrected chi connectivity index (χ1v) is 8.69. The van der Waals surface area contributed by atoms with E-state index < -0.39 is 0 Å². The SMILES string of the molecule is COc1cc(C(C)NC(C)CCc2ccccc2)cc(OC)c1OC. The van der Waals surface area contributed by atoms with Gasteiger partial charge in [0.2, 0.25) is 5.75 Å². The Bertz CT molecular complexity index is 632. The Kier molecular flexibility index (Phi) is 7.14. The summed E-state index contributed by atoms with van der Waals surface area (Å²) in [4.78, 5) is 0. The van der Waals surface area contributed by atoms with Crippen molar-refractivity contribution in [3.05, 3.63) is 53.6 Å². The molecule has 0 saturated carbocycles. The van der Waals surface area contributed by atoms with Crippen LogP contribution >= 0.6 is 0 Å². The van der Waals surface area contributed by atoms with E-state index in [1.807, 2.05) is 12.1 Å². The molecule has 0 saturated heterocycles. The van der Waals surface area contributed by atoms with Gasteiger partial charge in [-0.25, -0.2) is 0 Å². The van der Waals surface area contributed by atoms with Crippen molar-refractivity contribution < 1.29 is 14.2 Å². The average Bonchev–Trinajstić information content (AvgIpc) is 2.65. The Morgan fingerprint density at radius 1 is 0.880 bits per heavy atom. The lowest BCUT2D eigenvalue weighted by molar-refractivity contribution is 0.322. The third-order valence-corrected chi connectivity index (χ3v) is 4.43. The second kappa shape index (κ2) is 9.33. The third-order valence-electron chi connectivity index (χ3n) is 4.43. The molecule has 1 N–H and O–H groups in total. The van der Waals surface area contributed by atoms with Crippen LogP contribution in [0, 0.1) is 0 Å². The van der Waals surface area contributed by atoms with E-state index in [1.54, 1.807) is 21.3 Å². The molecule has 0 aliphatic rings. The van der Waals surface area contributed by atoms with Crippen molar-refractivity contribution in [2.24, 2.45) is 0 Å². The molecule has 0 fully saturated rings. The lowest BCUT2D eigenvalue weighted by Gasteiger charge is -2.22. The highest BCUT2D eigenvalue weighted by atomic mass is 16.5. The van der Waals surface area contributed by atoms with Crippen LogP contribution in [0.4, 0.5) is 0 Å². The Hall–Kier alpha value is -2.20. The molecule has 136 valence electrons. The minimum atomic E-state index is 0.180. The molecule has 0 heterocycles. The van der Waals surface area contributed by atoms with Gasteiger partial charge in [0.05, 0.1) is 21.3 Å². The van der Waals surface area contributed by atoms with Gasteiger partial charge in [0, 0.05) is 12.1 Å².